The summed E-state index contributed by atoms with van der Waals surface area (Å²) in [6.45, 7) is 2.17. The van der Waals surface area contributed by atoms with Gasteiger partial charge in [0.25, 0.3) is 0 Å². The van der Waals surface area contributed by atoms with Crippen molar-refractivity contribution in [3.05, 3.63) is 0 Å². The molecule has 0 radical (unpaired) electrons. The van der Waals surface area contributed by atoms with E-state index in [0.717, 1.165) is 0 Å². The summed E-state index contributed by atoms with van der Waals surface area (Å²) in [7, 11) is 3.90. The first-order chi connectivity index (χ1) is 3.35. The van der Waals surface area contributed by atoms with E-state index in [1.165, 1.54) is 6.16 Å². The third kappa shape index (κ3) is 2.98. The molecule has 0 aromatic rings. The van der Waals surface area contributed by atoms with Crippen molar-refractivity contribution < 1.29 is 0 Å². The van der Waals surface area contributed by atoms with Crippen LogP contribution in [0.4, 0.5) is 0 Å². The van der Waals surface area contributed by atoms with Crippen LogP contribution in [0.15, 0.2) is 0 Å². The molecular formula is C4H13N2P. The molecule has 0 bridgehead atoms. The van der Waals surface area contributed by atoms with Gasteiger partial charge in [-0.2, -0.15) is 0 Å². The summed E-state index contributed by atoms with van der Waals surface area (Å²) in [6.07, 6.45) is 1.20. The Kier molecular flexibility index (Phi) is 4.73. The van der Waals surface area contributed by atoms with Crippen LogP contribution in [0.2, 0.25) is 0 Å². The Balaban J connectivity index is 2.99. The van der Waals surface area contributed by atoms with Gasteiger partial charge in [0.05, 0.1) is 0 Å². The summed E-state index contributed by atoms with van der Waals surface area (Å²) in [6, 6.07) is 0. The van der Waals surface area contributed by atoms with Crippen molar-refractivity contribution >= 4 is 8.22 Å². The molecule has 2 nitrogen and oxygen atoms in total. The SMILES string of the molecule is CCP(NC)NC. The second kappa shape index (κ2) is 4.51. The maximum absolute atomic E-state index is 3.16. The molecular weight excluding hydrogens is 107 g/mol. The van der Waals surface area contributed by atoms with E-state index in [0.29, 0.717) is 0 Å². The van der Waals surface area contributed by atoms with E-state index < -0.39 is 0 Å². The molecule has 2 N–H and O–H groups in total. The van der Waals surface area contributed by atoms with E-state index in [1.807, 2.05) is 14.1 Å². The molecule has 0 unspecified atom stereocenters. The molecule has 0 heterocycles. The molecule has 0 aliphatic rings. The molecule has 0 saturated carbocycles. The molecule has 0 aromatic heterocycles. The predicted molar refractivity (Wildman–Crippen MR) is 35.6 cm³/mol. The molecule has 0 amide bonds. The lowest BCUT2D eigenvalue weighted by molar-refractivity contribution is 1.13. The Labute approximate surface area is 46.5 Å². The largest absolute Gasteiger partial charge is 0.287 e. The van der Waals surface area contributed by atoms with Gasteiger partial charge >= 0.3 is 0 Å². The summed E-state index contributed by atoms with van der Waals surface area (Å²) >= 11 is 0. The van der Waals surface area contributed by atoms with E-state index in [2.05, 4.69) is 17.1 Å². The minimum atomic E-state index is -0.0540. The fourth-order valence-electron chi connectivity index (χ4n) is 0.428. The minimum absolute atomic E-state index is 0.0540. The topological polar surface area (TPSA) is 24.1 Å². The Morgan fingerprint density at radius 2 is 1.71 bits per heavy atom. The predicted octanol–water partition coefficient (Wildman–Crippen LogP) is 0.757. The van der Waals surface area contributed by atoms with Gasteiger partial charge in [0.1, 0.15) is 0 Å². The monoisotopic (exact) mass is 120 g/mol. The van der Waals surface area contributed by atoms with Crippen molar-refractivity contribution in [1.29, 1.82) is 0 Å². The zero-order valence-electron chi connectivity index (χ0n) is 5.15. The molecule has 7 heavy (non-hydrogen) atoms. The normalized spacial score (nSPS) is 10.3. The van der Waals surface area contributed by atoms with Crippen LogP contribution in [0.3, 0.4) is 0 Å². The summed E-state index contributed by atoms with van der Waals surface area (Å²) < 4.78 is 0. The van der Waals surface area contributed by atoms with Crippen LogP contribution in [0.25, 0.3) is 0 Å². The van der Waals surface area contributed by atoms with Gasteiger partial charge < -0.3 is 0 Å². The Morgan fingerprint density at radius 1 is 1.29 bits per heavy atom. The molecule has 44 valence electrons. The van der Waals surface area contributed by atoms with Gasteiger partial charge in [-0.05, 0) is 20.3 Å². The van der Waals surface area contributed by atoms with Crippen molar-refractivity contribution in [3.8, 4) is 0 Å². The third-order valence-electron chi connectivity index (χ3n) is 0.856. The highest BCUT2D eigenvalue weighted by Crippen LogP contribution is 2.19. The number of nitrogens with one attached hydrogen (secondary N) is 2. The van der Waals surface area contributed by atoms with E-state index in [-0.39, 0.29) is 8.22 Å². The van der Waals surface area contributed by atoms with Crippen LogP contribution in [-0.4, -0.2) is 20.3 Å². The Bertz CT molecular complexity index is 31.2. The minimum Gasteiger partial charge on any atom is -0.287 e. The smallest absolute Gasteiger partial charge is 0.0330 e. The van der Waals surface area contributed by atoms with Crippen molar-refractivity contribution in [2.75, 3.05) is 20.3 Å². The molecule has 3 heteroatoms. The van der Waals surface area contributed by atoms with E-state index in [1.54, 1.807) is 0 Å². The van der Waals surface area contributed by atoms with E-state index >= 15 is 0 Å². The first kappa shape index (κ1) is 7.35. The van der Waals surface area contributed by atoms with Crippen LogP contribution < -0.4 is 10.2 Å². The molecule has 0 aliphatic carbocycles. The quantitative estimate of drug-likeness (QED) is 0.537. The Morgan fingerprint density at radius 3 is 1.71 bits per heavy atom. The van der Waals surface area contributed by atoms with Crippen LogP contribution in [0.5, 0.6) is 0 Å². The fourth-order valence-corrected chi connectivity index (χ4v) is 1.28. The summed E-state index contributed by atoms with van der Waals surface area (Å²) in [5.41, 5.74) is 0. The molecule has 0 atom stereocenters. The van der Waals surface area contributed by atoms with Gasteiger partial charge in [-0.1, -0.05) is 6.92 Å². The van der Waals surface area contributed by atoms with Crippen molar-refractivity contribution in [2.24, 2.45) is 0 Å². The van der Waals surface area contributed by atoms with Gasteiger partial charge in [0.2, 0.25) is 0 Å². The molecule has 0 aromatic carbocycles. The number of hydrogen-bond acceptors (Lipinski definition) is 2. The third-order valence-corrected chi connectivity index (χ3v) is 2.57. The summed E-state index contributed by atoms with van der Waals surface area (Å²) in [5, 5.41) is 6.31. The van der Waals surface area contributed by atoms with Crippen LogP contribution in [-0.2, 0) is 0 Å². The second-order valence-electron chi connectivity index (χ2n) is 1.19. The second-order valence-corrected chi connectivity index (χ2v) is 3.57. The van der Waals surface area contributed by atoms with Crippen molar-refractivity contribution in [2.45, 2.75) is 6.92 Å². The zero-order chi connectivity index (χ0) is 5.70. The fraction of sp³-hybridized carbons (Fsp3) is 1.00. The average molecular weight is 120 g/mol. The first-order valence-corrected chi connectivity index (χ1v) is 4.00. The standard InChI is InChI=1S/C4H13N2P/c1-4-7(5-2)6-3/h5-6H,4H2,1-3H3. The molecule has 0 rings (SSSR count). The highest BCUT2D eigenvalue weighted by atomic mass is 31.1. The lowest BCUT2D eigenvalue weighted by Gasteiger charge is -2.10. The Hall–Kier alpha value is 0.350. The maximum atomic E-state index is 3.16. The van der Waals surface area contributed by atoms with E-state index in [4.69, 9.17) is 0 Å². The van der Waals surface area contributed by atoms with Crippen molar-refractivity contribution in [1.82, 2.24) is 10.2 Å². The van der Waals surface area contributed by atoms with Crippen LogP contribution in [0, 0.1) is 0 Å². The van der Waals surface area contributed by atoms with Gasteiger partial charge in [0.15, 0.2) is 0 Å². The van der Waals surface area contributed by atoms with Gasteiger partial charge in [-0.15, -0.1) is 0 Å². The zero-order valence-corrected chi connectivity index (χ0v) is 6.05. The summed E-state index contributed by atoms with van der Waals surface area (Å²) in [5.74, 6) is 0. The first-order valence-electron chi connectivity index (χ1n) is 2.47. The highest BCUT2D eigenvalue weighted by Gasteiger charge is 1.92. The molecule has 0 saturated heterocycles. The lowest BCUT2D eigenvalue weighted by atomic mass is 11.0. The molecule has 0 spiro atoms. The molecule has 0 fully saturated rings. The number of rotatable bonds is 3. The van der Waals surface area contributed by atoms with Crippen molar-refractivity contribution in [3.63, 3.8) is 0 Å². The van der Waals surface area contributed by atoms with Crippen LogP contribution in [0.1, 0.15) is 6.92 Å². The van der Waals surface area contributed by atoms with Gasteiger partial charge in [0, 0.05) is 8.22 Å². The van der Waals surface area contributed by atoms with Gasteiger partial charge in [-0.3, -0.25) is 10.2 Å². The molecule has 0 aliphatic heterocycles. The van der Waals surface area contributed by atoms with E-state index in [9.17, 15) is 0 Å². The number of hydrogen-bond donors (Lipinski definition) is 2. The maximum Gasteiger partial charge on any atom is 0.0330 e. The summed E-state index contributed by atoms with van der Waals surface area (Å²) in [4.78, 5) is 0. The average Bonchev–Trinajstić information content (AvgIpc) is 1.72. The van der Waals surface area contributed by atoms with Crippen LogP contribution >= 0.6 is 8.22 Å². The van der Waals surface area contributed by atoms with Gasteiger partial charge in [-0.25, -0.2) is 0 Å². The lowest BCUT2D eigenvalue weighted by Crippen LogP contribution is -2.11. The highest BCUT2D eigenvalue weighted by molar-refractivity contribution is 7.53.